The van der Waals surface area contributed by atoms with E-state index in [4.69, 9.17) is 24.3 Å². The highest BCUT2D eigenvalue weighted by Gasteiger charge is 2.19. The first-order valence-corrected chi connectivity index (χ1v) is 12.0. The Kier molecular flexibility index (Phi) is 7.76. The van der Waals surface area contributed by atoms with Gasteiger partial charge in [-0.2, -0.15) is 9.78 Å². The molecule has 1 heterocycles. The normalized spacial score (nSPS) is 11.3. The van der Waals surface area contributed by atoms with E-state index >= 15 is 0 Å². The van der Waals surface area contributed by atoms with E-state index in [9.17, 15) is 9.59 Å². The van der Waals surface area contributed by atoms with E-state index < -0.39 is 12.6 Å². The fraction of sp³-hybridized carbons (Fsp3) is 0.241. The summed E-state index contributed by atoms with van der Waals surface area (Å²) in [6, 6.07) is 16.1. The molecule has 38 heavy (non-hydrogen) atoms. The SMILES string of the molecule is COc1cc(C)c(-c2nc3ccccc3c(=O)n2N=Cc2cccc(OC)c2OCC(=O)O)cc1C(C)C. The van der Waals surface area contributed by atoms with Gasteiger partial charge in [-0.25, -0.2) is 9.78 Å². The molecule has 0 saturated carbocycles. The second-order valence-corrected chi connectivity index (χ2v) is 8.94. The van der Waals surface area contributed by atoms with Gasteiger partial charge >= 0.3 is 5.97 Å². The van der Waals surface area contributed by atoms with Gasteiger partial charge in [0.2, 0.25) is 0 Å². The van der Waals surface area contributed by atoms with Crippen LogP contribution < -0.4 is 19.8 Å². The smallest absolute Gasteiger partial charge is 0.341 e. The van der Waals surface area contributed by atoms with Gasteiger partial charge < -0.3 is 19.3 Å². The number of benzene rings is 3. The largest absolute Gasteiger partial charge is 0.496 e. The first kappa shape index (κ1) is 26.4. The number of para-hydroxylation sites is 2. The Hall–Kier alpha value is -4.66. The van der Waals surface area contributed by atoms with Gasteiger partial charge in [0, 0.05) is 11.1 Å². The number of carbonyl (C=O) groups is 1. The molecule has 0 saturated heterocycles. The molecule has 0 aliphatic rings. The van der Waals surface area contributed by atoms with Gasteiger partial charge in [-0.05, 0) is 60.4 Å². The highest BCUT2D eigenvalue weighted by molar-refractivity contribution is 5.86. The number of aryl methyl sites for hydroxylation is 1. The monoisotopic (exact) mass is 515 g/mol. The Morgan fingerprint density at radius 3 is 2.50 bits per heavy atom. The van der Waals surface area contributed by atoms with Gasteiger partial charge in [0.05, 0.1) is 31.3 Å². The lowest BCUT2D eigenvalue weighted by Crippen LogP contribution is -2.21. The maximum Gasteiger partial charge on any atom is 0.341 e. The molecule has 9 heteroatoms. The molecule has 1 aromatic heterocycles. The van der Waals surface area contributed by atoms with Gasteiger partial charge in [-0.3, -0.25) is 4.79 Å². The summed E-state index contributed by atoms with van der Waals surface area (Å²) in [6.07, 6.45) is 1.43. The summed E-state index contributed by atoms with van der Waals surface area (Å²) in [5, 5.41) is 14.0. The van der Waals surface area contributed by atoms with E-state index in [0.717, 1.165) is 22.4 Å². The van der Waals surface area contributed by atoms with Crippen molar-refractivity contribution in [2.24, 2.45) is 5.10 Å². The van der Waals surface area contributed by atoms with Crippen LogP contribution in [0.15, 0.2) is 64.5 Å². The zero-order valence-electron chi connectivity index (χ0n) is 21.9. The van der Waals surface area contributed by atoms with E-state index in [1.165, 1.54) is 18.0 Å². The van der Waals surface area contributed by atoms with Gasteiger partial charge in [0.1, 0.15) is 5.75 Å². The summed E-state index contributed by atoms with van der Waals surface area (Å²) in [5.41, 5.74) is 3.21. The van der Waals surface area contributed by atoms with Crippen molar-refractivity contribution in [2.45, 2.75) is 26.7 Å². The van der Waals surface area contributed by atoms with E-state index in [-0.39, 0.29) is 17.2 Å². The van der Waals surface area contributed by atoms with Crippen LogP contribution in [0.3, 0.4) is 0 Å². The number of carboxylic acids is 1. The van der Waals surface area contributed by atoms with Gasteiger partial charge in [-0.1, -0.05) is 32.0 Å². The molecule has 0 fully saturated rings. The topological polar surface area (TPSA) is 112 Å². The first-order chi connectivity index (χ1) is 18.2. The minimum Gasteiger partial charge on any atom is -0.496 e. The fourth-order valence-electron chi connectivity index (χ4n) is 4.18. The molecule has 196 valence electrons. The Morgan fingerprint density at radius 2 is 1.82 bits per heavy atom. The van der Waals surface area contributed by atoms with Crippen LogP contribution >= 0.6 is 0 Å². The molecule has 4 rings (SSSR count). The van der Waals surface area contributed by atoms with Crippen LogP contribution in [-0.4, -0.2) is 47.8 Å². The average molecular weight is 516 g/mol. The van der Waals surface area contributed by atoms with Gasteiger partial charge in [-0.15, -0.1) is 0 Å². The quantitative estimate of drug-likeness (QED) is 0.317. The molecule has 0 amide bonds. The van der Waals surface area contributed by atoms with E-state index in [1.54, 1.807) is 43.5 Å². The molecular weight excluding hydrogens is 486 g/mol. The maximum atomic E-state index is 13.7. The predicted molar refractivity (Wildman–Crippen MR) is 146 cm³/mol. The van der Waals surface area contributed by atoms with Gasteiger partial charge in [0.15, 0.2) is 23.9 Å². The van der Waals surface area contributed by atoms with Gasteiger partial charge in [0.25, 0.3) is 5.56 Å². The first-order valence-electron chi connectivity index (χ1n) is 12.0. The molecule has 1 N–H and O–H groups in total. The zero-order chi connectivity index (χ0) is 27.4. The molecule has 0 aliphatic heterocycles. The molecule has 4 aromatic rings. The number of rotatable bonds is 9. The second kappa shape index (κ2) is 11.2. The van der Waals surface area contributed by atoms with Crippen molar-refractivity contribution in [3.05, 3.63) is 81.6 Å². The summed E-state index contributed by atoms with van der Waals surface area (Å²) in [7, 11) is 3.09. The molecule has 0 radical (unpaired) electrons. The minimum atomic E-state index is -1.13. The average Bonchev–Trinajstić information content (AvgIpc) is 2.91. The van der Waals surface area contributed by atoms with Crippen molar-refractivity contribution in [2.75, 3.05) is 20.8 Å². The number of aliphatic carboxylic acids is 1. The number of carboxylic acid groups (broad SMARTS) is 1. The molecule has 0 bridgehead atoms. The summed E-state index contributed by atoms with van der Waals surface area (Å²) < 4.78 is 17.7. The van der Waals surface area contributed by atoms with Crippen LogP contribution in [0.25, 0.3) is 22.3 Å². The molecule has 0 unspecified atom stereocenters. The van der Waals surface area contributed by atoms with E-state index in [1.807, 2.05) is 25.1 Å². The van der Waals surface area contributed by atoms with Crippen molar-refractivity contribution in [3.63, 3.8) is 0 Å². The third-order valence-corrected chi connectivity index (χ3v) is 6.07. The van der Waals surface area contributed by atoms with Crippen LogP contribution in [-0.2, 0) is 4.79 Å². The fourth-order valence-corrected chi connectivity index (χ4v) is 4.18. The Balaban J connectivity index is 1.96. The Bertz CT molecular complexity index is 1590. The number of methoxy groups -OCH3 is 2. The molecule has 0 spiro atoms. The lowest BCUT2D eigenvalue weighted by Gasteiger charge is -2.17. The van der Waals surface area contributed by atoms with Crippen molar-refractivity contribution >= 4 is 23.1 Å². The highest BCUT2D eigenvalue weighted by Crippen LogP contribution is 2.34. The molecular formula is C29H29N3O6. The summed E-state index contributed by atoms with van der Waals surface area (Å²) in [5.74, 6) is 0.698. The summed E-state index contributed by atoms with van der Waals surface area (Å²) >= 11 is 0. The Morgan fingerprint density at radius 1 is 1.08 bits per heavy atom. The second-order valence-electron chi connectivity index (χ2n) is 8.94. The number of hydrogen-bond acceptors (Lipinski definition) is 7. The molecule has 3 aromatic carbocycles. The minimum absolute atomic E-state index is 0.166. The number of ether oxygens (including phenoxy) is 3. The maximum absolute atomic E-state index is 13.7. The van der Waals surface area contributed by atoms with E-state index in [0.29, 0.717) is 28.0 Å². The molecule has 0 atom stereocenters. The zero-order valence-corrected chi connectivity index (χ0v) is 21.9. The standard InChI is InChI=1S/C29H29N3O6/c1-17(2)21-14-22(18(3)13-25(21)37-5)28-31-23-11-7-6-10-20(23)29(35)32(28)30-15-19-9-8-12-24(36-4)27(19)38-16-26(33)34/h6-15,17H,16H2,1-5H3,(H,33,34). The number of aromatic nitrogens is 2. The number of nitrogens with zero attached hydrogens (tertiary/aromatic N) is 3. The van der Waals surface area contributed by atoms with Crippen LogP contribution in [0.4, 0.5) is 0 Å². The van der Waals surface area contributed by atoms with E-state index in [2.05, 4.69) is 18.9 Å². The summed E-state index contributed by atoms with van der Waals surface area (Å²) in [6.45, 7) is 5.50. The summed E-state index contributed by atoms with van der Waals surface area (Å²) in [4.78, 5) is 29.6. The lowest BCUT2D eigenvalue weighted by atomic mass is 9.96. The van der Waals surface area contributed by atoms with Crippen LogP contribution in [0.2, 0.25) is 0 Å². The third-order valence-electron chi connectivity index (χ3n) is 6.07. The van der Waals surface area contributed by atoms with Crippen LogP contribution in [0, 0.1) is 6.92 Å². The van der Waals surface area contributed by atoms with Crippen molar-refractivity contribution in [1.29, 1.82) is 0 Å². The van der Waals surface area contributed by atoms with Crippen LogP contribution in [0.5, 0.6) is 17.2 Å². The number of fused-ring (bicyclic) bond motifs is 1. The Labute approximate surface area is 219 Å². The van der Waals surface area contributed by atoms with Crippen molar-refractivity contribution < 1.29 is 24.1 Å². The lowest BCUT2D eigenvalue weighted by molar-refractivity contribution is -0.139. The molecule has 0 aliphatic carbocycles. The van der Waals surface area contributed by atoms with Crippen molar-refractivity contribution in [3.8, 4) is 28.6 Å². The van der Waals surface area contributed by atoms with Crippen LogP contribution in [0.1, 0.15) is 36.5 Å². The highest BCUT2D eigenvalue weighted by atomic mass is 16.5. The third kappa shape index (κ3) is 5.22. The predicted octanol–water partition coefficient (Wildman–Crippen LogP) is 4.86. The van der Waals surface area contributed by atoms with Crippen molar-refractivity contribution in [1.82, 2.24) is 9.66 Å². The number of hydrogen-bond donors (Lipinski definition) is 1. The molecule has 9 nitrogen and oxygen atoms in total.